The summed E-state index contributed by atoms with van der Waals surface area (Å²) in [6.07, 6.45) is 5.42. The largest absolute Gasteiger partial charge is 0.337 e. The molecule has 1 atom stereocenters. The van der Waals surface area contributed by atoms with E-state index in [-0.39, 0.29) is 11.9 Å². The number of carbonyl (C=O) groups is 1. The summed E-state index contributed by atoms with van der Waals surface area (Å²) in [6, 6.07) is 16.1. The van der Waals surface area contributed by atoms with E-state index in [1.54, 1.807) is 0 Å². The number of nitrogens with zero attached hydrogens (tertiary/aromatic N) is 4. The zero-order valence-electron chi connectivity index (χ0n) is 15.0. The van der Waals surface area contributed by atoms with Crippen LogP contribution in [0.15, 0.2) is 61.3 Å². The van der Waals surface area contributed by atoms with Crippen molar-refractivity contribution in [3.8, 4) is 17.2 Å². The molecule has 1 unspecified atom stereocenters. The van der Waals surface area contributed by atoms with E-state index in [1.807, 2.05) is 33.8 Å². The fourth-order valence-corrected chi connectivity index (χ4v) is 3.64. The Morgan fingerprint density at radius 1 is 1.22 bits per heavy atom. The maximum atomic E-state index is 11.9. The van der Waals surface area contributed by atoms with E-state index in [9.17, 15) is 4.79 Å². The lowest BCUT2D eigenvalue weighted by molar-refractivity contribution is -0.127. The molecule has 5 nitrogen and oxygen atoms in total. The molecule has 2 heterocycles. The average Bonchev–Trinajstić information content (AvgIpc) is 3.16. The van der Waals surface area contributed by atoms with E-state index >= 15 is 0 Å². The van der Waals surface area contributed by atoms with Gasteiger partial charge in [0.2, 0.25) is 5.91 Å². The van der Waals surface area contributed by atoms with E-state index in [4.69, 9.17) is 10.4 Å². The molecule has 2 aromatic carbocycles. The van der Waals surface area contributed by atoms with Gasteiger partial charge >= 0.3 is 0 Å². The number of benzene rings is 2. The molecule has 1 amide bonds. The van der Waals surface area contributed by atoms with Crippen molar-refractivity contribution < 1.29 is 4.79 Å². The summed E-state index contributed by atoms with van der Waals surface area (Å²) < 4.78 is 2.00. The van der Waals surface area contributed by atoms with Crippen molar-refractivity contribution in [3.05, 3.63) is 66.9 Å². The number of nitriles is 1. The Bertz CT molecular complexity index is 1040. The molecule has 0 radical (unpaired) electrons. The van der Waals surface area contributed by atoms with Gasteiger partial charge in [0.05, 0.1) is 23.2 Å². The Kier molecular flexibility index (Phi) is 4.47. The van der Waals surface area contributed by atoms with Crippen LogP contribution in [0.4, 0.5) is 0 Å². The molecular formula is C22H20N4O. The van der Waals surface area contributed by atoms with Gasteiger partial charge in [0.15, 0.2) is 0 Å². The van der Waals surface area contributed by atoms with Gasteiger partial charge in [0.25, 0.3) is 0 Å². The van der Waals surface area contributed by atoms with Crippen molar-refractivity contribution in [2.75, 3.05) is 13.1 Å². The van der Waals surface area contributed by atoms with Crippen molar-refractivity contribution >= 4 is 16.8 Å². The molecule has 1 aromatic heterocycles. The monoisotopic (exact) mass is 356 g/mol. The number of rotatable bonds is 3. The van der Waals surface area contributed by atoms with Crippen molar-refractivity contribution in [3.63, 3.8) is 0 Å². The van der Waals surface area contributed by atoms with E-state index in [0.717, 1.165) is 41.4 Å². The molecule has 1 aliphatic heterocycles. The third-order valence-corrected chi connectivity index (χ3v) is 5.13. The maximum absolute atomic E-state index is 11.9. The summed E-state index contributed by atoms with van der Waals surface area (Å²) in [6.45, 7) is 5.04. The molecule has 4 rings (SSSR count). The van der Waals surface area contributed by atoms with Crippen molar-refractivity contribution in [2.24, 2.45) is 0 Å². The van der Waals surface area contributed by atoms with Gasteiger partial charge in [-0.25, -0.2) is 0 Å². The number of aromatic nitrogens is 2. The van der Waals surface area contributed by atoms with Crippen LogP contribution in [0.1, 0.15) is 24.4 Å². The van der Waals surface area contributed by atoms with Gasteiger partial charge < -0.3 is 4.90 Å². The van der Waals surface area contributed by atoms with Crippen LogP contribution in [-0.2, 0) is 4.79 Å². The van der Waals surface area contributed by atoms with Gasteiger partial charge in [-0.05, 0) is 48.2 Å². The second kappa shape index (κ2) is 7.08. The first-order chi connectivity index (χ1) is 13.2. The van der Waals surface area contributed by atoms with Gasteiger partial charge in [-0.1, -0.05) is 30.8 Å². The Morgan fingerprint density at radius 2 is 2.00 bits per heavy atom. The van der Waals surface area contributed by atoms with Gasteiger partial charge in [-0.2, -0.15) is 10.4 Å². The quantitative estimate of drug-likeness (QED) is 0.668. The number of hydrogen-bond acceptors (Lipinski definition) is 3. The first-order valence-corrected chi connectivity index (χ1v) is 9.09. The standard InChI is InChI=1S/C22H20N4O/c1-2-22(27)25-11-3-4-20(15-25)26-14-19-10-9-18(12-21(19)24-26)17-7-5-16(13-23)6-8-17/h2,5-10,12,14,20H,1,3-4,11,15H2. The zero-order chi connectivity index (χ0) is 18.8. The molecule has 134 valence electrons. The highest BCUT2D eigenvalue weighted by molar-refractivity contribution is 5.87. The first-order valence-electron chi connectivity index (χ1n) is 9.09. The fourth-order valence-electron chi connectivity index (χ4n) is 3.64. The summed E-state index contributed by atoms with van der Waals surface area (Å²) in [5.41, 5.74) is 3.72. The van der Waals surface area contributed by atoms with Crippen molar-refractivity contribution in [1.82, 2.24) is 14.7 Å². The topological polar surface area (TPSA) is 61.9 Å². The highest BCUT2D eigenvalue weighted by Gasteiger charge is 2.24. The molecule has 1 saturated heterocycles. The van der Waals surface area contributed by atoms with Crippen LogP contribution >= 0.6 is 0 Å². The van der Waals surface area contributed by atoms with Crippen LogP contribution in [0.5, 0.6) is 0 Å². The molecule has 0 spiro atoms. The molecule has 1 fully saturated rings. The molecule has 1 aliphatic rings. The fraction of sp³-hybridized carbons (Fsp3) is 0.227. The second-order valence-corrected chi connectivity index (χ2v) is 6.86. The minimum atomic E-state index is -0.0143. The molecule has 0 N–H and O–H groups in total. The third-order valence-electron chi connectivity index (χ3n) is 5.13. The number of amides is 1. The normalized spacial score (nSPS) is 16.9. The number of piperidine rings is 1. The highest BCUT2D eigenvalue weighted by atomic mass is 16.2. The lowest BCUT2D eigenvalue weighted by Crippen LogP contribution is -2.39. The Labute approximate surface area is 158 Å². The predicted octanol–water partition coefficient (Wildman–Crippen LogP) is 3.92. The minimum Gasteiger partial charge on any atom is -0.337 e. The molecule has 5 heteroatoms. The predicted molar refractivity (Wildman–Crippen MR) is 105 cm³/mol. The van der Waals surface area contributed by atoms with Gasteiger partial charge in [0.1, 0.15) is 0 Å². The van der Waals surface area contributed by atoms with Gasteiger partial charge in [-0.15, -0.1) is 0 Å². The number of fused-ring (bicyclic) bond motifs is 1. The Morgan fingerprint density at radius 3 is 2.74 bits per heavy atom. The van der Waals surface area contributed by atoms with E-state index in [2.05, 4.69) is 37.0 Å². The van der Waals surface area contributed by atoms with Crippen LogP contribution in [0.25, 0.3) is 22.0 Å². The maximum Gasteiger partial charge on any atom is 0.246 e. The second-order valence-electron chi connectivity index (χ2n) is 6.86. The molecule has 0 aliphatic carbocycles. The lowest BCUT2D eigenvalue weighted by atomic mass is 10.0. The zero-order valence-corrected chi connectivity index (χ0v) is 15.0. The summed E-state index contributed by atoms with van der Waals surface area (Å²) in [5, 5.41) is 14.8. The number of likely N-dealkylation sites (tertiary alicyclic amines) is 1. The third kappa shape index (κ3) is 3.34. The van der Waals surface area contributed by atoms with Crippen LogP contribution in [0.3, 0.4) is 0 Å². The van der Waals surface area contributed by atoms with Crippen LogP contribution < -0.4 is 0 Å². The summed E-state index contributed by atoms with van der Waals surface area (Å²) in [4.78, 5) is 13.8. The van der Waals surface area contributed by atoms with Crippen LogP contribution in [0.2, 0.25) is 0 Å². The van der Waals surface area contributed by atoms with Crippen LogP contribution in [0, 0.1) is 11.3 Å². The van der Waals surface area contributed by atoms with Gasteiger partial charge in [0, 0.05) is 24.7 Å². The average molecular weight is 356 g/mol. The van der Waals surface area contributed by atoms with E-state index < -0.39 is 0 Å². The molecule has 27 heavy (non-hydrogen) atoms. The summed E-state index contributed by atoms with van der Waals surface area (Å²) in [7, 11) is 0. The summed E-state index contributed by atoms with van der Waals surface area (Å²) in [5.74, 6) is -0.0143. The highest BCUT2D eigenvalue weighted by Crippen LogP contribution is 2.27. The Hall–Kier alpha value is -3.39. The van der Waals surface area contributed by atoms with E-state index in [0.29, 0.717) is 12.1 Å². The number of carbonyl (C=O) groups excluding carboxylic acids is 1. The SMILES string of the molecule is C=CC(=O)N1CCCC(n2cc3ccc(-c4ccc(C#N)cc4)cc3n2)C1. The number of hydrogen-bond donors (Lipinski definition) is 0. The van der Waals surface area contributed by atoms with Crippen LogP contribution in [-0.4, -0.2) is 33.7 Å². The summed E-state index contributed by atoms with van der Waals surface area (Å²) >= 11 is 0. The lowest BCUT2D eigenvalue weighted by Gasteiger charge is -2.32. The molecule has 3 aromatic rings. The van der Waals surface area contributed by atoms with E-state index in [1.165, 1.54) is 6.08 Å². The first kappa shape index (κ1) is 17.0. The molecule has 0 saturated carbocycles. The van der Waals surface area contributed by atoms with Crippen molar-refractivity contribution in [2.45, 2.75) is 18.9 Å². The molecule has 0 bridgehead atoms. The Balaban J connectivity index is 1.61. The minimum absolute atomic E-state index is 0.0143. The van der Waals surface area contributed by atoms with Crippen molar-refractivity contribution in [1.29, 1.82) is 5.26 Å². The smallest absolute Gasteiger partial charge is 0.246 e. The van der Waals surface area contributed by atoms with Gasteiger partial charge in [-0.3, -0.25) is 9.48 Å². The molecular weight excluding hydrogens is 336 g/mol.